The summed E-state index contributed by atoms with van der Waals surface area (Å²) in [6.07, 6.45) is 10.1. The lowest BCUT2D eigenvalue weighted by molar-refractivity contribution is 0.0218. The van der Waals surface area contributed by atoms with E-state index in [1.54, 1.807) is 6.33 Å². The minimum atomic E-state index is -0.388. The highest BCUT2D eigenvalue weighted by Gasteiger charge is 2.36. The van der Waals surface area contributed by atoms with Crippen LogP contribution in [0.5, 0.6) is 0 Å². The van der Waals surface area contributed by atoms with Gasteiger partial charge in [0.15, 0.2) is 17.7 Å². The number of aromatic amines is 1. The summed E-state index contributed by atoms with van der Waals surface area (Å²) in [6.45, 7) is 3.87. The van der Waals surface area contributed by atoms with Gasteiger partial charge in [0.25, 0.3) is 0 Å². The van der Waals surface area contributed by atoms with E-state index in [9.17, 15) is 15.3 Å². The van der Waals surface area contributed by atoms with E-state index in [-0.39, 0.29) is 43.5 Å². The first-order valence-electron chi connectivity index (χ1n) is 14.7. The van der Waals surface area contributed by atoms with E-state index in [0.29, 0.717) is 22.9 Å². The Balaban J connectivity index is 1.08. The molecule has 4 heterocycles. The topological polar surface area (TPSA) is 171 Å². The standard InChI is InChI=1S/C30H40N8O4/c1-30(2,15-41)19-4-6-23-24(11-19)36-25(35-23)7-3-18-9-20(10-18)37(21(13-39)14-40)12-22-5-8-26(42-22)38-17-34-27-28(31)32-16-33-29(27)38/h4,6,11-12,16-18,20-21,26,39-41H,3,5,7-10,13-15H2,1-2H3,(H,35,36)(H2,31,32,33)/b22-12+. The van der Waals surface area contributed by atoms with Crippen LogP contribution in [-0.4, -0.2) is 81.6 Å². The molecule has 6 N–H and O–H groups in total. The Bertz CT molecular complexity index is 1570. The molecule has 0 radical (unpaired) electrons. The number of aliphatic hydroxyl groups excluding tert-OH is 3. The Labute approximate surface area is 244 Å². The van der Waals surface area contributed by atoms with E-state index < -0.39 is 0 Å². The van der Waals surface area contributed by atoms with Gasteiger partial charge in [-0.25, -0.2) is 19.9 Å². The summed E-state index contributed by atoms with van der Waals surface area (Å²) in [5, 5.41) is 29.8. The molecule has 6 rings (SSSR count). The van der Waals surface area contributed by atoms with Gasteiger partial charge in [-0.15, -0.1) is 0 Å². The third kappa shape index (κ3) is 5.41. The van der Waals surface area contributed by atoms with E-state index in [2.05, 4.69) is 30.9 Å². The van der Waals surface area contributed by atoms with Crippen LogP contribution >= 0.6 is 0 Å². The molecule has 3 aromatic heterocycles. The van der Waals surface area contributed by atoms with Crippen LogP contribution < -0.4 is 5.73 Å². The molecule has 12 nitrogen and oxygen atoms in total. The van der Waals surface area contributed by atoms with Crippen molar-refractivity contribution in [3.8, 4) is 0 Å². The molecule has 224 valence electrons. The zero-order valence-electron chi connectivity index (χ0n) is 24.1. The number of imidazole rings is 2. The lowest BCUT2D eigenvalue weighted by Gasteiger charge is -2.45. The zero-order valence-corrected chi connectivity index (χ0v) is 24.1. The number of nitrogens with zero attached hydrogens (tertiary/aromatic N) is 6. The molecule has 0 bridgehead atoms. The quantitative estimate of drug-likeness (QED) is 0.179. The molecule has 1 aliphatic heterocycles. The van der Waals surface area contributed by atoms with Crippen LogP contribution in [0, 0.1) is 5.92 Å². The molecule has 1 atom stereocenters. The van der Waals surface area contributed by atoms with Crippen LogP contribution in [0.15, 0.2) is 42.8 Å². The van der Waals surface area contributed by atoms with Gasteiger partial charge in [-0.1, -0.05) is 19.9 Å². The summed E-state index contributed by atoms with van der Waals surface area (Å²) in [5.41, 5.74) is 9.85. The van der Waals surface area contributed by atoms with Crippen LogP contribution in [0.4, 0.5) is 5.82 Å². The van der Waals surface area contributed by atoms with Crippen molar-refractivity contribution in [2.45, 2.75) is 76.1 Å². The van der Waals surface area contributed by atoms with Crippen LogP contribution in [0.3, 0.4) is 0 Å². The maximum atomic E-state index is 10.0. The number of hydrogen-bond donors (Lipinski definition) is 5. The number of H-pyrrole nitrogens is 1. The number of aryl methyl sites for hydroxylation is 1. The minimum absolute atomic E-state index is 0.0862. The molecule has 1 saturated carbocycles. The van der Waals surface area contributed by atoms with Gasteiger partial charge < -0.3 is 35.7 Å². The van der Waals surface area contributed by atoms with Crippen molar-refractivity contribution in [2.75, 3.05) is 25.6 Å². The van der Waals surface area contributed by atoms with Gasteiger partial charge in [0, 0.05) is 36.9 Å². The van der Waals surface area contributed by atoms with E-state index in [4.69, 9.17) is 15.5 Å². The number of nitrogens with one attached hydrogen (secondary N) is 1. The number of aliphatic hydroxyl groups is 3. The third-order valence-corrected chi connectivity index (χ3v) is 8.89. The fourth-order valence-electron chi connectivity index (χ4n) is 6.07. The number of nitrogen functional groups attached to an aromatic ring is 1. The molecular formula is C30H40N8O4. The second kappa shape index (κ2) is 11.5. The highest BCUT2D eigenvalue weighted by atomic mass is 16.5. The lowest BCUT2D eigenvalue weighted by atomic mass is 9.76. The molecule has 4 aromatic rings. The summed E-state index contributed by atoms with van der Waals surface area (Å²) < 4.78 is 8.17. The monoisotopic (exact) mass is 576 g/mol. The van der Waals surface area contributed by atoms with Crippen LogP contribution in [0.1, 0.15) is 63.6 Å². The van der Waals surface area contributed by atoms with Crippen LogP contribution in [-0.2, 0) is 16.6 Å². The van der Waals surface area contributed by atoms with E-state index in [0.717, 1.165) is 66.7 Å². The SMILES string of the molecule is CC(C)(CO)c1ccc2nc(CCC3CC(N(/C=C4\CCC(n5cnc6c(N)ncnc65)O4)C(CO)CO)C3)[nH]c2c1. The van der Waals surface area contributed by atoms with Crippen LogP contribution in [0.2, 0.25) is 0 Å². The first kappa shape index (κ1) is 28.4. The summed E-state index contributed by atoms with van der Waals surface area (Å²) in [7, 11) is 0. The molecule has 0 amide bonds. The van der Waals surface area contributed by atoms with Crippen molar-refractivity contribution in [2.24, 2.45) is 5.92 Å². The number of nitrogens with two attached hydrogens (primary N) is 1. The van der Waals surface area contributed by atoms with E-state index in [1.807, 2.05) is 36.7 Å². The molecule has 42 heavy (non-hydrogen) atoms. The predicted molar refractivity (Wildman–Crippen MR) is 158 cm³/mol. The van der Waals surface area contributed by atoms with Gasteiger partial charge >= 0.3 is 0 Å². The number of aromatic nitrogens is 6. The second-order valence-corrected chi connectivity index (χ2v) is 12.2. The predicted octanol–water partition coefficient (Wildman–Crippen LogP) is 2.77. The Morgan fingerprint density at radius 2 is 2.00 bits per heavy atom. The highest BCUT2D eigenvalue weighted by molar-refractivity contribution is 5.81. The first-order chi connectivity index (χ1) is 20.3. The maximum absolute atomic E-state index is 10.0. The summed E-state index contributed by atoms with van der Waals surface area (Å²) in [5.74, 6) is 2.65. The van der Waals surface area contributed by atoms with Gasteiger partial charge in [0.2, 0.25) is 0 Å². The minimum Gasteiger partial charge on any atom is -0.473 e. The van der Waals surface area contributed by atoms with Crippen molar-refractivity contribution in [3.63, 3.8) is 0 Å². The number of fused-ring (bicyclic) bond motifs is 2. The molecule has 1 saturated heterocycles. The Hall–Kier alpha value is -3.74. The largest absolute Gasteiger partial charge is 0.473 e. The second-order valence-electron chi connectivity index (χ2n) is 12.2. The van der Waals surface area contributed by atoms with Crippen molar-refractivity contribution in [1.29, 1.82) is 0 Å². The summed E-state index contributed by atoms with van der Waals surface area (Å²) in [4.78, 5) is 23.0. The normalized spacial score (nSPS) is 21.9. The Morgan fingerprint density at radius 3 is 2.76 bits per heavy atom. The van der Waals surface area contributed by atoms with E-state index >= 15 is 0 Å². The van der Waals surface area contributed by atoms with E-state index in [1.165, 1.54) is 6.33 Å². The van der Waals surface area contributed by atoms with Crippen molar-refractivity contribution in [1.82, 2.24) is 34.4 Å². The molecule has 1 aromatic carbocycles. The van der Waals surface area contributed by atoms with Gasteiger partial charge in [0.1, 0.15) is 29.8 Å². The molecule has 12 heteroatoms. The summed E-state index contributed by atoms with van der Waals surface area (Å²) >= 11 is 0. The van der Waals surface area contributed by atoms with Crippen LogP contribution in [0.25, 0.3) is 22.2 Å². The third-order valence-electron chi connectivity index (χ3n) is 8.89. The van der Waals surface area contributed by atoms with Gasteiger partial charge in [0.05, 0.1) is 36.9 Å². The number of allylic oxidation sites excluding steroid dienone is 1. The average molecular weight is 577 g/mol. The Kier molecular flexibility index (Phi) is 7.77. The molecular weight excluding hydrogens is 536 g/mol. The zero-order chi connectivity index (χ0) is 29.4. The number of benzene rings is 1. The first-order valence-corrected chi connectivity index (χ1v) is 14.7. The number of rotatable bonds is 11. The molecule has 2 fully saturated rings. The average Bonchev–Trinajstić information content (AvgIpc) is 3.70. The van der Waals surface area contributed by atoms with Crippen molar-refractivity contribution < 1.29 is 20.1 Å². The van der Waals surface area contributed by atoms with Gasteiger partial charge in [-0.2, -0.15) is 0 Å². The smallest absolute Gasteiger partial charge is 0.178 e. The fourth-order valence-corrected chi connectivity index (χ4v) is 6.07. The summed E-state index contributed by atoms with van der Waals surface area (Å²) in [6, 6.07) is 5.98. The number of anilines is 1. The van der Waals surface area contributed by atoms with Gasteiger partial charge in [-0.3, -0.25) is 4.57 Å². The van der Waals surface area contributed by atoms with Crippen molar-refractivity contribution >= 4 is 28.0 Å². The molecule has 1 aliphatic carbocycles. The lowest BCUT2D eigenvalue weighted by Crippen LogP contribution is -2.50. The maximum Gasteiger partial charge on any atom is 0.178 e. The molecule has 2 aliphatic rings. The van der Waals surface area contributed by atoms with Crippen molar-refractivity contribution in [3.05, 3.63) is 54.2 Å². The molecule has 0 spiro atoms. The molecule has 1 unspecified atom stereocenters. The Morgan fingerprint density at radius 1 is 1.19 bits per heavy atom. The number of hydrogen-bond acceptors (Lipinski definition) is 10. The van der Waals surface area contributed by atoms with Gasteiger partial charge in [-0.05, 0) is 42.9 Å². The highest BCUT2D eigenvalue weighted by Crippen LogP contribution is 2.39. The number of ether oxygens (including phenoxy) is 1. The fraction of sp³-hybridized carbons (Fsp3) is 0.533.